The Morgan fingerprint density at radius 3 is 2.53 bits per heavy atom. The van der Waals surface area contributed by atoms with E-state index in [1.165, 1.54) is 5.56 Å². The summed E-state index contributed by atoms with van der Waals surface area (Å²) >= 11 is 0. The van der Waals surface area contributed by atoms with Gasteiger partial charge in [0.25, 0.3) is 0 Å². The molecular weight excluding hydrogens is 234 g/mol. The van der Waals surface area contributed by atoms with E-state index in [0.29, 0.717) is 18.2 Å². The lowest BCUT2D eigenvalue weighted by atomic mass is 9.90. The molecule has 0 bridgehead atoms. The van der Waals surface area contributed by atoms with Crippen LogP contribution in [0.3, 0.4) is 0 Å². The van der Waals surface area contributed by atoms with Gasteiger partial charge in [-0.2, -0.15) is 0 Å². The molecule has 2 rings (SSSR count). The third kappa shape index (κ3) is 3.30. The second kappa shape index (κ2) is 6.18. The van der Waals surface area contributed by atoms with E-state index in [9.17, 15) is 4.79 Å². The van der Waals surface area contributed by atoms with Gasteiger partial charge in [-0.3, -0.25) is 9.69 Å². The van der Waals surface area contributed by atoms with Crippen molar-refractivity contribution in [1.29, 1.82) is 0 Å². The maximum absolute atomic E-state index is 11.6. The minimum absolute atomic E-state index is 0. The van der Waals surface area contributed by atoms with E-state index >= 15 is 0 Å². The number of ketones is 1. The standard InChI is InChI=1S/C14H19NO.ClH/c1-11-12(2)15(9-8-14(11)16)10-13-6-4-3-5-7-13;/h3-7,11-12H,8-10H2,1-2H3;1H. The third-order valence-electron chi connectivity index (χ3n) is 3.68. The molecule has 1 aliphatic rings. The van der Waals surface area contributed by atoms with Crippen LogP contribution in [0.25, 0.3) is 0 Å². The molecule has 0 amide bonds. The minimum Gasteiger partial charge on any atom is -0.299 e. The monoisotopic (exact) mass is 253 g/mol. The first-order chi connectivity index (χ1) is 7.68. The molecule has 2 nitrogen and oxygen atoms in total. The molecular formula is C14H20ClNO. The highest BCUT2D eigenvalue weighted by molar-refractivity contribution is 5.85. The average molecular weight is 254 g/mol. The van der Waals surface area contributed by atoms with Gasteiger partial charge in [-0.05, 0) is 12.5 Å². The SMILES string of the molecule is CC1C(=O)CCN(Cc2ccccc2)C1C.Cl. The molecule has 94 valence electrons. The van der Waals surface area contributed by atoms with E-state index in [-0.39, 0.29) is 18.3 Å². The number of carbonyl (C=O) groups is 1. The zero-order valence-electron chi connectivity index (χ0n) is 10.4. The van der Waals surface area contributed by atoms with Crippen molar-refractivity contribution in [3.63, 3.8) is 0 Å². The zero-order chi connectivity index (χ0) is 11.5. The van der Waals surface area contributed by atoms with E-state index in [1.807, 2.05) is 13.0 Å². The fourth-order valence-electron chi connectivity index (χ4n) is 2.31. The largest absolute Gasteiger partial charge is 0.299 e. The Labute approximate surface area is 109 Å². The van der Waals surface area contributed by atoms with Crippen LogP contribution in [0.15, 0.2) is 30.3 Å². The van der Waals surface area contributed by atoms with Crippen LogP contribution >= 0.6 is 12.4 Å². The first-order valence-electron chi connectivity index (χ1n) is 5.99. The van der Waals surface area contributed by atoms with Crippen LogP contribution in [0.5, 0.6) is 0 Å². The maximum atomic E-state index is 11.6. The van der Waals surface area contributed by atoms with Gasteiger partial charge in [-0.1, -0.05) is 37.3 Å². The number of piperidine rings is 1. The van der Waals surface area contributed by atoms with Crippen molar-refractivity contribution >= 4 is 18.2 Å². The van der Waals surface area contributed by atoms with Crippen LogP contribution in [0.2, 0.25) is 0 Å². The second-order valence-electron chi connectivity index (χ2n) is 4.70. The molecule has 2 unspecified atom stereocenters. The summed E-state index contributed by atoms with van der Waals surface area (Å²) in [6, 6.07) is 10.8. The van der Waals surface area contributed by atoms with Crippen LogP contribution in [-0.4, -0.2) is 23.3 Å². The highest BCUT2D eigenvalue weighted by atomic mass is 35.5. The Bertz CT molecular complexity index is 366. The van der Waals surface area contributed by atoms with Crippen LogP contribution in [-0.2, 0) is 11.3 Å². The normalized spacial score (nSPS) is 25.4. The summed E-state index contributed by atoms with van der Waals surface area (Å²) < 4.78 is 0. The van der Waals surface area contributed by atoms with E-state index in [2.05, 4.69) is 36.1 Å². The van der Waals surface area contributed by atoms with Gasteiger partial charge in [-0.15, -0.1) is 12.4 Å². The number of carbonyl (C=O) groups excluding carboxylic acids is 1. The lowest BCUT2D eigenvalue weighted by Crippen LogP contribution is -2.46. The molecule has 0 aromatic heterocycles. The zero-order valence-corrected chi connectivity index (χ0v) is 11.2. The van der Waals surface area contributed by atoms with Crippen molar-refractivity contribution in [2.45, 2.75) is 32.9 Å². The number of Topliss-reactive ketones (excluding diaryl/α,β-unsaturated/α-hetero) is 1. The minimum atomic E-state index is 0. The number of hydrogen-bond donors (Lipinski definition) is 0. The number of likely N-dealkylation sites (tertiary alicyclic amines) is 1. The molecule has 2 atom stereocenters. The highest BCUT2D eigenvalue weighted by Gasteiger charge is 2.30. The van der Waals surface area contributed by atoms with E-state index in [4.69, 9.17) is 0 Å². The Morgan fingerprint density at radius 1 is 1.24 bits per heavy atom. The lowest BCUT2D eigenvalue weighted by Gasteiger charge is -2.36. The van der Waals surface area contributed by atoms with Crippen LogP contribution in [0.4, 0.5) is 0 Å². The molecule has 0 radical (unpaired) electrons. The molecule has 1 heterocycles. The van der Waals surface area contributed by atoms with Gasteiger partial charge in [0.1, 0.15) is 5.78 Å². The van der Waals surface area contributed by atoms with Crippen LogP contribution < -0.4 is 0 Å². The van der Waals surface area contributed by atoms with E-state index in [1.54, 1.807) is 0 Å². The topological polar surface area (TPSA) is 20.3 Å². The van der Waals surface area contributed by atoms with Crippen molar-refractivity contribution in [2.75, 3.05) is 6.54 Å². The third-order valence-corrected chi connectivity index (χ3v) is 3.68. The van der Waals surface area contributed by atoms with Crippen LogP contribution in [0, 0.1) is 5.92 Å². The predicted molar refractivity (Wildman–Crippen MR) is 72.4 cm³/mol. The fourth-order valence-corrected chi connectivity index (χ4v) is 2.31. The summed E-state index contributed by atoms with van der Waals surface area (Å²) in [6.45, 7) is 6.06. The molecule has 0 aliphatic carbocycles. The maximum Gasteiger partial charge on any atom is 0.138 e. The number of hydrogen-bond acceptors (Lipinski definition) is 2. The van der Waals surface area contributed by atoms with Gasteiger partial charge >= 0.3 is 0 Å². The smallest absolute Gasteiger partial charge is 0.138 e. The predicted octanol–water partition coefficient (Wildman–Crippen LogP) is 2.91. The summed E-state index contributed by atoms with van der Waals surface area (Å²) in [7, 11) is 0. The first kappa shape index (κ1) is 14.2. The number of rotatable bonds is 2. The van der Waals surface area contributed by atoms with Crippen molar-refractivity contribution in [2.24, 2.45) is 5.92 Å². The Kier molecular flexibility index (Phi) is 5.16. The molecule has 1 fully saturated rings. The summed E-state index contributed by atoms with van der Waals surface area (Å²) in [5.74, 6) is 0.592. The number of halogens is 1. The van der Waals surface area contributed by atoms with Crippen LogP contribution in [0.1, 0.15) is 25.8 Å². The molecule has 0 spiro atoms. The van der Waals surface area contributed by atoms with Gasteiger partial charge in [0.2, 0.25) is 0 Å². The molecule has 0 N–H and O–H groups in total. The molecule has 1 aromatic rings. The van der Waals surface area contributed by atoms with Gasteiger partial charge in [0.05, 0.1) is 0 Å². The van der Waals surface area contributed by atoms with Crippen molar-refractivity contribution in [1.82, 2.24) is 4.90 Å². The van der Waals surface area contributed by atoms with E-state index in [0.717, 1.165) is 13.1 Å². The highest BCUT2D eigenvalue weighted by Crippen LogP contribution is 2.21. The molecule has 1 aromatic carbocycles. The Morgan fingerprint density at radius 2 is 1.88 bits per heavy atom. The lowest BCUT2D eigenvalue weighted by molar-refractivity contribution is -0.128. The first-order valence-corrected chi connectivity index (χ1v) is 5.99. The molecule has 0 saturated carbocycles. The van der Waals surface area contributed by atoms with Gasteiger partial charge in [0, 0.05) is 31.5 Å². The summed E-state index contributed by atoms with van der Waals surface area (Å²) in [4.78, 5) is 14.0. The number of nitrogens with zero attached hydrogens (tertiary/aromatic N) is 1. The second-order valence-corrected chi connectivity index (χ2v) is 4.70. The van der Waals surface area contributed by atoms with Crippen molar-refractivity contribution < 1.29 is 4.79 Å². The Hall–Kier alpha value is -0.860. The molecule has 3 heteroatoms. The quantitative estimate of drug-likeness (QED) is 0.808. The van der Waals surface area contributed by atoms with Gasteiger partial charge in [0.15, 0.2) is 0 Å². The van der Waals surface area contributed by atoms with Gasteiger partial charge in [-0.25, -0.2) is 0 Å². The van der Waals surface area contributed by atoms with E-state index < -0.39 is 0 Å². The fraction of sp³-hybridized carbons (Fsp3) is 0.500. The summed E-state index contributed by atoms with van der Waals surface area (Å²) in [6.07, 6.45) is 0.707. The average Bonchev–Trinajstić information content (AvgIpc) is 2.31. The molecule has 1 aliphatic heterocycles. The van der Waals surface area contributed by atoms with Gasteiger partial charge < -0.3 is 0 Å². The molecule has 17 heavy (non-hydrogen) atoms. The summed E-state index contributed by atoms with van der Waals surface area (Å²) in [5, 5.41) is 0. The Balaban J connectivity index is 0.00000144. The molecule has 1 saturated heterocycles. The van der Waals surface area contributed by atoms with Crippen molar-refractivity contribution in [3.05, 3.63) is 35.9 Å². The van der Waals surface area contributed by atoms with Crippen molar-refractivity contribution in [3.8, 4) is 0 Å². The number of benzene rings is 1. The summed E-state index contributed by atoms with van der Waals surface area (Å²) in [5.41, 5.74) is 1.33.